The smallest absolute Gasteiger partial charge is 0.265 e. The van der Waals surface area contributed by atoms with Gasteiger partial charge in [-0.05, 0) is 12.1 Å². The van der Waals surface area contributed by atoms with E-state index in [-0.39, 0.29) is 18.3 Å². The molecule has 1 amide bonds. The fourth-order valence-corrected chi connectivity index (χ4v) is 0.689. The third-order valence-corrected chi connectivity index (χ3v) is 1.18. The first kappa shape index (κ1) is 10.9. The van der Waals surface area contributed by atoms with Crippen LogP contribution in [0, 0.1) is 0 Å². The Labute approximate surface area is 76.8 Å². The Bertz CT molecular complexity index is 240. The summed E-state index contributed by atoms with van der Waals surface area (Å²) in [5, 5.41) is 0. The van der Waals surface area contributed by atoms with E-state index in [0.29, 0.717) is 5.56 Å². The van der Waals surface area contributed by atoms with E-state index < -0.39 is 0 Å². The molecule has 0 saturated heterocycles. The van der Waals surface area contributed by atoms with Crippen LogP contribution in [0.4, 0.5) is 0 Å². The number of hydrogen-bond donors (Lipinski definition) is 2. The first-order valence-corrected chi connectivity index (χ1v) is 3.21. The molecular weight excluding hydrogens is 178 g/mol. The molecule has 2 N–H and O–H groups in total. The number of aromatic nitrogens is 1. The number of nitrogens with zero attached hydrogens (tertiary/aromatic N) is 1. The number of halogens is 1. The van der Waals surface area contributed by atoms with Crippen molar-refractivity contribution in [1.29, 1.82) is 0 Å². The lowest BCUT2D eigenvalue weighted by molar-refractivity contribution is 0.0938. The Morgan fingerprint density at radius 3 is 2.50 bits per heavy atom. The molecule has 0 saturated carbocycles. The number of amides is 1. The van der Waals surface area contributed by atoms with Gasteiger partial charge in [-0.15, -0.1) is 12.4 Å². The Morgan fingerprint density at radius 2 is 2.00 bits per heavy atom. The van der Waals surface area contributed by atoms with Gasteiger partial charge >= 0.3 is 0 Å². The monoisotopic (exact) mass is 187 g/mol. The summed E-state index contributed by atoms with van der Waals surface area (Å²) in [7, 11) is 1.64. The van der Waals surface area contributed by atoms with Gasteiger partial charge in [-0.25, -0.2) is 5.43 Å². The van der Waals surface area contributed by atoms with Crippen molar-refractivity contribution in [3.8, 4) is 0 Å². The zero-order valence-electron chi connectivity index (χ0n) is 6.57. The van der Waals surface area contributed by atoms with Crippen molar-refractivity contribution in [2.75, 3.05) is 7.05 Å². The molecule has 5 heteroatoms. The van der Waals surface area contributed by atoms with Crippen LogP contribution >= 0.6 is 12.4 Å². The number of hydrazine groups is 1. The van der Waals surface area contributed by atoms with Crippen LogP contribution < -0.4 is 10.9 Å². The van der Waals surface area contributed by atoms with E-state index in [9.17, 15) is 4.79 Å². The highest BCUT2D eigenvalue weighted by Gasteiger charge is 2.00. The molecule has 66 valence electrons. The van der Waals surface area contributed by atoms with E-state index in [1.54, 1.807) is 31.6 Å². The van der Waals surface area contributed by atoms with Crippen LogP contribution in [-0.4, -0.2) is 17.9 Å². The summed E-state index contributed by atoms with van der Waals surface area (Å²) in [4.78, 5) is 14.8. The second kappa shape index (κ2) is 5.51. The van der Waals surface area contributed by atoms with Gasteiger partial charge in [0.25, 0.3) is 5.91 Å². The molecule has 0 fully saturated rings. The van der Waals surface area contributed by atoms with Gasteiger partial charge in [0, 0.05) is 25.0 Å². The summed E-state index contributed by atoms with van der Waals surface area (Å²) < 4.78 is 0. The minimum atomic E-state index is -0.157. The minimum absolute atomic E-state index is 0. The normalized spacial score (nSPS) is 8.42. The highest BCUT2D eigenvalue weighted by molar-refractivity contribution is 5.93. The largest absolute Gasteiger partial charge is 0.288 e. The van der Waals surface area contributed by atoms with Crippen molar-refractivity contribution >= 4 is 18.3 Å². The molecule has 1 heterocycles. The molecule has 0 aromatic carbocycles. The van der Waals surface area contributed by atoms with Crippen molar-refractivity contribution in [3.63, 3.8) is 0 Å². The lowest BCUT2D eigenvalue weighted by atomic mass is 10.3. The molecule has 0 unspecified atom stereocenters. The van der Waals surface area contributed by atoms with Crippen LogP contribution in [0.15, 0.2) is 24.5 Å². The summed E-state index contributed by atoms with van der Waals surface area (Å²) in [5.41, 5.74) is 5.58. The van der Waals surface area contributed by atoms with Gasteiger partial charge in [0.2, 0.25) is 0 Å². The first-order valence-electron chi connectivity index (χ1n) is 3.21. The number of rotatable bonds is 2. The maximum atomic E-state index is 11.0. The van der Waals surface area contributed by atoms with Gasteiger partial charge in [-0.1, -0.05) is 0 Å². The molecule has 0 spiro atoms. The van der Waals surface area contributed by atoms with Gasteiger partial charge in [0.05, 0.1) is 0 Å². The first-order chi connectivity index (χ1) is 5.34. The molecule has 0 bridgehead atoms. The molecular formula is C7H10ClN3O. The summed E-state index contributed by atoms with van der Waals surface area (Å²) in [6.45, 7) is 0. The van der Waals surface area contributed by atoms with Crippen molar-refractivity contribution in [3.05, 3.63) is 30.1 Å². The van der Waals surface area contributed by atoms with Crippen LogP contribution in [0.5, 0.6) is 0 Å². The second-order valence-electron chi connectivity index (χ2n) is 1.94. The predicted molar refractivity (Wildman–Crippen MR) is 48.0 cm³/mol. The zero-order valence-corrected chi connectivity index (χ0v) is 7.39. The number of nitrogens with one attached hydrogen (secondary N) is 2. The average Bonchev–Trinajstić information content (AvgIpc) is 2.07. The summed E-state index contributed by atoms with van der Waals surface area (Å²) in [5.74, 6) is -0.157. The zero-order chi connectivity index (χ0) is 8.10. The third-order valence-electron chi connectivity index (χ3n) is 1.18. The average molecular weight is 188 g/mol. The van der Waals surface area contributed by atoms with Crippen molar-refractivity contribution < 1.29 is 4.79 Å². The molecule has 0 atom stereocenters. The van der Waals surface area contributed by atoms with Gasteiger partial charge in [-0.2, -0.15) is 0 Å². The molecule has 0 radical (unpaired) electrons. The molecule has 0 aliphatic rings. The molecule has 1 aromatic heterocycles. The van der Waals surface area contributed by atoms with Gasteiger partial charge < -0.3 is 0 Å². The number of pyridine rings is 1. The predicted octanol–water partition coefficient (Wildman–Crippen LogP) is 0.368. The van der Waals surface area contributed by atoms with E-state index in [0.717, 1.165) is 0 Å². The van der Waals surface area contributed by atoms with Crippen LogP contribution in [0.25, 0.3) is 0 Å². The van der Waals surface area contributed by atoms with Crippen molar-refractivity contribution in [2.24, 2.45) is 0 Å². The van der Waals surface area contributed by atoms with Gasteiger partial charge in [0.15, 0.2) is 0 Å². The van der Waals surface area contributed by atoms with Crippen molar-refractivity contribution in [1.82, 2.24) is 15.8 Å². The van der Waals surface area contributed by atoms with Gasteiger partial charge in [0.1, 0.15) is 0 Å². The minimum Gasteiger partial charge on any atom is -0.288 e. The number of hydrogen-bond acceptors (Lipinski definition) is 3. The molecule has 0 aliphatic carbocycles. The summed E-state index contributed by atoms with van der Waals surface area (Å²) in [6, 6.07) is 3.29. The Kier molecular flexibility index (Phi) is 4.99. The number of carbonyl (C=O) groups excluding carboxylic acids is 1. The lowest BCUT2D eigenvalue weighted by Crippen LogP contribution is -2.34. The Morgan fingerprint density at radius 1 is 1.42 bits per heavy atom. The SMILES string of the molecule is CNNC(=O)c1ccncc1.Cl. The molecule has 1 aromatic rings. The number of carbonyl (C=O) groups is 1. The second-order valence-corrected chi connectivity index (χ2v) is 1.94. The van der Waals surface area contributed by atoms with Crippen LogP contribution in [-0.2, 0) is 0 Å². The molecule has 4 nitrogen and oxygen atoms in total. The Hall–Kier alpha value is -1.13. The highest BCUT2D eigenvalue weighted by atomic mass is 35.5. The standard InChI is InChI=1S/C7H9N3O.ClH/c1-8-10-7(11)6-2-4-9-5-3-6;/h2-5,8H,1H3,(H,10,11);1H. The summed E-state index contributed by atoms with van der Waals surface area (Å²) >= 11 is 0. The van der Waals surface area contributed by atoms with E-state index in [1.807, 2.05) is 0 Å². The van der Waals surface area contributed by atoms with Crippen molar-refractivity contribution in [2.45, 2.75) is 0 Å². The molecule has 1 rings (SSSR count). The fourth-order valence-electron chi connectivity index (χ4n) is 0.689. The van der Waals surface area contributed by atoms with Crippen LogP contribution in [0.2, 0.25) is 0 Å². The van der Waals surface area contributed by atoms with Crippen LogP contribution in [0.1, 0.15) is 10.4 Å². The maximum Gasteiger partial charge on any atom is 0.265 e. The fraction of sp³-hybridized carbons (Fsp3) is 0.143. The van der Waals surface area contributed by atoms with E-state index in [1.165, 1.54) is 0 Å². The quantitative estimate of drug-likeness (QED) is 0.658. The molecule has 12 heavy (non-hydrogen) atoms. The van der Waals surface area contributed by atoms with Gasteiger partial charge in [-0.3, -0.25) is 15.2 Å². The van der Waals surface area contributed by atoms with E-state index in [2.05, 4.69) is 15.8 Å². The van der Waals surface area contributed by atoms with Crippen LogP contribution in [0.3, 0.4) is 0 Å². The summed E-state index contributed by atoms with van der Waals surface area (Å²) in [6.07, 6.45) is 3.15. The third kappa shape index (κ3) is 2.86. The molecule has 0 aliphatic heterocycles. The highest BCUT2D eigenvalue weighted by Crippen LogP contribution is 1.93. The maximum absolute atomic E-state index is 11.0. The lowest BCUT2D eigenvalue weighted by Gasteiger charge is -2.00. The van der Waals surface area contributed by atoms with E-state index in [4.69, 9.17) is 0 Å². The topological polar surface area (TPSA) is 54.0 Å². The Balaban J connectivity index is 0.00000121. The van der Waals surface area contributed by atoms with E-state index >= 15 is 0 Å².